The van der Waals surface area contributed by atoms with E-state index in [0.717, 1.165) is 33.5 Å². The van der Waals surface area contributed by atoms with Gasteiger partial charge in [0.1, 0.15) is 5.75 Å². The van der Waals surface area contributed by atoms with Gasteiger partial charge in [-0.25, -0.2) is 0 Å². The molecule has 1 unspecified atom stereocenters. The molecule has 5 aromatic rings. The van der Waals surface area contributed by atoms with E-state index >= 15 is 0 Å². The van der Waals surface area contributed by atoms with Crippen molar-refractivity contribution in [2.75, 3.05) is 5.32 Å². The fraction of sp³-hybridized carbons (Fsp3) is 0.205. The number of ether oxygens (including phenoxy) is 1. The summed E-state index contributed by atoms with van der Waals surface area (Å²) >= 11 is 0. The predicted molar refractivity (Wildman–Crippen MR) is 175 cm³/mol. The number of nitrogens with one attached hydrogen (secondary N) is 1. The Bertz CT molecular complexity index is 1550. The van der Waals surface area contributed by atoms with E-state index in [2.05, 4.69) is 99.7 Å². The molecule has 5 rings (SSSR count). The summed E-state index contributed by atoms with van der Waals surface area (Å²) in [7, 11) is 0. The summed E-state index contributed by atoms with van der Waals surface area (Å²) in [5.74, 6) is 0.947. The van der Waals surface area contributed by atoms with Gasteiger partial charge in [-0.2, -0.15) is 0 Å². The SMILES string of the molecule is CC(C)c1ccccc1-c1cccc(-c2ccccc2C(C)C)c1OC(=O)CC(Nc1ccccc1)c1ccccc1. The molecule has 1 atom stereocenters. The Morgan fingerprint density at radius 1 is 0.571 bits per heavy atom. The molecule has 0 saturated carbocycles. The highest BCUT2D eigenvalue weighted by Crippen LogP contribution is 2.44. The second-order valence-electron chi connectivity index (χ2n) is 11.3. The Kier molecular flexibility index (Phi) is 9.18. The molecule has 0 fully saturated rings. The Morgan fingerprint density at radius 3 is 1.55 bits per heavy atom. The average Bonchev–Trinajstić information content (AvgIpc) is 3.01. The highest BCUT2D eigenvalue weighted by molar-refractivity contribution is 5.88. The number of esters is 1. The first-order chi connectivity index (χ1) is 20.4. The van der Waals surface area contributed by atoms with E-state index in [-0.39, 0.29) is 18.4 Å². The molecule has 5 aromatic carbocycles. The van der Waals surface area contributed by atoms with Gasteiger partial charge in [-0.15, -0.1) is 0 Å². The lowest BCUT2D eigenvalue weighted by Gasteiger charge is -2.23. The monoisotopic (exact) mass is 553 g/mol. The lowest BCUT2D eigenvalue weighted by molar-refractivity contribution is -0.134. The molecule has 0 aliphatic heterocycles. The Morgan fingerprint density at radius 2 is 1.02 bits per heavy atom. The second kappa shape index (κ2) is 13.4. The van der Waals surface area contributed by atoms with Gasteiger partial charge >= 0.3 is 5.97 Å². The molecule has 3 heteroatoms. The van der Waals surface area contributed by atoms with E-state index < -0.39 is 0 Å². The minimum absolute atomic E-state index is 0.171. The second-order valence-corrected chi connectivity index (χ2v) is 11.3. The Labute approximate surface area is 250 Å². The van der Waals surface area contributed by atoms with Crippen molar-refractivity contribution in [1.82, 2.24) is 0 Å². The number of hydrogen-bond donors (Lipinski definition) is 1. The first kappa shape index (κ1) is 28.9. The molecule has 0 bridgehead atoms. The molecule has 0 amide bonds. The lowest BCUT2D eigenvalue weighted by atomic mass is 9.87. The van der Waals surface area contributed by atoms with Gasteiger partial charge in [0.15, 0.2) is 0 Å². The third-order valence-corrected chi connectivity index (χ3v) is 7.66. The number of benzene rings is 5. The van der Waals surface area contributed by atoms with Crippen LogP contribution in [0.4, 0.5) is 5.69 Å². The van der Waals surface area contributed by atoms with Crippen LogP contribution in [0.25, 0.3) is 22.3 Å². The summed E-state index contributed by atoms with van der Waals surface area (Å²) in [5.41, 5.74) is 8.45. The molecule has 0 spiro atoms. The van der Waals surface area contributed by atoms with Crippen molar-refractivity contribution in [2.45, 2.75) is 52.0 Å². The van der Waals surface area contributed by atoms with Crippen molar-refractivity contribution in [3.05, 3.63) is 144 Å². The molecule has 0 aliphatic rings. The van der Waals surface area contributed by atoms with Gasteiger partial charge in [-0.3, -0.25) is 4.79 Å². The number of carbonyl (C=O) groups is 1. The van der Waals surface area contributed by atoms with Crippen LogP contribution >= 0.6 is 0 Å². The third-order valence-electron chi connectivity index (χ3n) is 7.66. The minimum atomic E-state index is -0.287. The van der Waals surface area contributed by atoms with Crippen molar-refractivity contribution < 1.29 is 9.53 Å². The van der Waals surface area contributed by atoms with Crippen molar-refractivity contribution in [3.63, 3.8) is 0 Å². The molecule has 0 aliphatic carbocycles. The fourth-order valence-electron chi connectivity index (χ4n) is 5.56. The van der Waals surface area contributed by atoms with Crippen molar-refractivity contribution in [1.29, 1.82) is 0 Å². The molecule has 0 heterocycles. The molecule has 42 heavy (non-hydrogen) atoms. The predicted octanol–water partition coefficient (Wildman–Crippen LogP) is 10.4. The zero-order chi connectivity index (χ0) is 29.5. The van der Waals surface area contributed by atoms with E-state index in [1.54, 1.807) is 0 Å². The highest BCUT2D eigenvalue weighted by Gasteiger charge is 2.23. The fourth-order valence-corrected chi connectivity index (χ4v) is 5.56. The van der Waals surface area contributed by atoms with Crippen LogP contribution in [0, 0.1) is 0 Å². The molecule has 1 N–H and O–H groups in total. The van der Waals surface area contributed by atoms with Gasteiger partial charge in [0.2, 0.25) is 0 Å². The standard InChI is InChI=1S/C39H39NO2/c1-27(2)31-20-11-13-22-33(31)35-24-15-25-36(34-23-14-12-21-32(34)28(3)4)39(35)42-38(41)26-37(29-16-7-5-8-17-29)40-30-18-9-6-10-19-30/h5-25,27-28,37,40H,26H2,1-4H3. The average molecular weight is 554 g/mol. The van der Waals surface area contributed by atoms with Gasteiger partial charge in [0, 0.05) is 16.8 Å². The molecular weight excluding hydrogens is 514 g/mol. The number of rotatable bonds is 10. The normalized spacial score (nSPS) is 11.9. The molecule has 0 radical (unpaired) electrons. The first-order valence-electron chi connectivity index (χ1n) is 14.8. The number of hydrogen-bond acceptors (Lipinski definition) is 3. The summed E-state index contributed by atoms with van der Waals surface area (Å²) in [4.78, 5) is 13.9. The van der Waals surface area contributed by atoms with Gasteiger partial charge in [0.05, 0.1) is 12.5 Å². The topological polar surface area (TPSA) is 38.3 Å². The zero-order valence-electron chi connectivity index (χ0n) is 24.9. The van der Waals surface area contributed by atoms with Crippen LogP contribution in [0.15, 0.2) is 127 Å². The number of carbonyl (C=O) groups excluding carboxylic acids is 1. The van der Waals surface area contributed by atoms with Crippen LogP contribution < -0.4 is 10.1 Å². The van der Waals surface area contributed by atoms with Crippen LogP contribution in [0.5, 0.6) is 5.75 Å². The van der Waals surface area contributed by atoms with Crippen molar-refractivity contribution in [2.24, 2.45) is 0 Å². The quantitative estimate of drug-likeness (QED) is 0.138. The molecule has 212 valence electrons. The summed E-state index contributed by atoms with van der Waals surface area (Å²) in [6, 6.07) is 42.9. The summed E-state index contributed by atoms with van der Waals surface area (Å²) < 4.78 is 6.47. The lowest BCUT2D eigenvalue weighted by Crippen LogP contribution is -2.19. The van der Waals surface area contributed by atoms with Gasteiger partial charge in [0.25, 0.3) is 0 Å². The number of anilines is 1. The van der Waals surface area contributed by atoms with Crippen LogP contribution in [0.1, 0.15) is 68.7 Å². The van der Waals surface area contributed by atoms with Crippen LogP contribution in [-0.4, -0.2) is 5.97 Å². The van der Waals surface area contributed by atoms with Crippen LogP contribution in [0.3, 0.4) is 0 Å². The summed E-state index contributed by atoms with van der Waals surface area (Å²) in [6.45, 7) is 8.79. The van der Waals surface area contributed by atoms with E-state index in [9.17, 15) is 4.79 Å². The van der Waals surface area contributed by atoms with Gasteiger partial charge in [-0.1, -0.05) is 143 Å². The maximum atomic E-state index is 13.9. The van der Waals surface area contributed by atoms with Crippen LogP contribution in [0.2, 0.25) is 0 Å². The summed E-state index contributed by atoms with van der Waals surface area (Å²) in [5, 5.41) is 3.55. The molecule has 3 nitrogen and oxygen atoms in total. The van der Waals surface area contributed by atoms with Gasteiger partial charge < -0.3 is 10.1 Å². The zero-order valence-corrected chi connectivity index (χ0v) is 24.9. The van der Waals surface area contributed by atoms with E-state index in [0.29, 0.717) is 17.6 Å². The smallest absolute Gasteiger partial charge is 0.313 e. The van der Waals surface area contributed by atoms with Crippen molar-refractivity contribution >= 4 is 11.7 Å². The summed E-state index contributed by atoms with van der Waals surface area (Å²) in [6.07, 6.45) is 0.171. The van der Waals surface area contributed by atoms with E-state index in [4.69, 9.17) is 4.74 Å². The first-order valence-corrected chi connectivity index (χ1v) is 14.8. The van der Waals surface area contributed by atoms with E-state index in [1.807, 2.05) is 60.7 Å². The third kappa shape index (κ3) is 6.63. The Hall–Kier alpha value is -4.63. The Balaban J connectivity index is 1.59. The number of para-hydroxylation sites is 2. The maximum absolute atomic E-state index is 13.9. The van der Waals surface area contributed by atoms with Crippen LogP contribution in [-0.2, 0) is 4.79 Å². The maximum Gasteiger partial charge on any atom is 0.313 e. The van der Waals surface area contributed by atoms with Gasteiger partial charge in [-0.05, 0) is 51.8 Å². The minimum Gasteiger partial charge on any atom is -0.425 e. The molecule has 0 aromatic heterocycles. The van der Waals surface area contributed by atoms with Crippen molar-refractivity contribution in [3.8, 4) is 28.0 Å². The molecular formula is C39H39NO2. The largest absolute Gasteiger partial charge is 0.425 e. The highest BCUT2D eigenvalue weighted by atomic mass is 16.5. The molecule has 0 saturated heterocycles. The van der Waals surface area contributed by atoms with E-state index in [1.165, 1.54) is 11.1 Å².